The minimum Gasteiger partial charge on any atom is -0.379 e. The van der Waals surface area contributed by atoms with Crippen LogP contribution in [0.15, 0.2) is 0 Å². The number of ether oxygens (including phenoxy) is 4. The van der Waals surface area contributed by atoms with Crippen molar-refractivity contribution in [1.29, 1.82) is 0 Å². The topological polar surface area (TPSA) is 66.0 Å². The Morgan fingerprint density at radius 2 is 2.10 bits per heavy atom. The number of hydrogen-bond acceptors (Lipinski definition) is 5. The van der Waals surface area contributed by atoms with Gasteiger partial charge in [-0.25, -0.2) is 0 Å². The number of nitrogens with one attached hydrogen (secondary N) is 1. The molecule has 0 aliphatic carbocycles. The second-order valence-corrected chi connectivity index (χ2v) is 4.92. The maximum Gasteiger partial charge on any atom is 0.246 e. The molecule has 1 fully saturated rings. The third-order valence-corrected chi connectivity index (χ3v) is 3.56. The van der Waals surface area contributed by atoms with Gasteiger partial charge in [0.2, 0.25) is 5.91 Å². The van der Waals surface area contributed by atoms with Crippen LogP contribution < -0.4 is 5.32 Å². The Kier molecular flexibility index (Phi) is 8.06. The molecule has 0 spiro atoms. The van der Waals surface area contributed by atoms with Crippen LogP contribution in [0.4, 0.5) is 0 Å². The molecule has 118 valence electrons. The van der Waals surface area contributed by atoms with Crippen molar-refractivity contribution in [3.8, 4) is 0 Å². The number of methoxy groups -OCH3 is 2. The van der Waals surface area contributed by atoms with E-state index < -0.39 is 5.79 Å². The Morgan fingerprint density at radius 1 is 1.35 bits per heavy atom. The summed E-state index contributed by atoms with van der Waals surface area (Å²) in [6, 6.07) is -0.321. The van der Waals surface area contributed by atoms with E-state index in [1.54, 1.807) is 14.2 Å². The van der Waals surface area contributed by atoms with E-state index in [0.717, 1.165) is 19.3 Å². The molecule has 20 heavy (non-hydrogen) atoms. The summed E-state index contributed by atoms with van der Waals surface area (Å²) in [7, 11) is 3.16. The van der Waals surface area contributed by atoms with Crippen molar-refractivity contribution in [2.24, 2.45) is 0 Å². The normalized spacial score (nSPS) is 21.6. The van der Waals surface area contributed by atoms with Crippen molar-refractivity contribution in [2.45, 2.75) is 44.4 Å². The van der Waals surface area contributed by atoms with Crippen LogP contribution in [0.3, 0.4) is 0 Å². The zero-order valence-electron chi connectivity index (χ0n) is 12.8. The lowest BCUT2D eigenvalue weighted by Gasteiger charge is -2.41. The summed E-state index contributed by atoms with van der Waals surface area (Å²) in [6.07, 6.45) is 3.83. The molecule has 1 saturated heterocycles. The molecular weight excluding hydrogens is 262 g/mol. The van der Waals surface area contributed by atoms with E-state index in [2.05, 4.69) is 12.2 Å². The molecule has 0 aromatic heterocycles. The number of hydrogen-bond donors (Lipinski definition) is 1. The summed E-state index contributed by atoms with van der Waals surface area (Å²) in [6.45, 7) is 3.74. The van der Waals surface area contributed by atoms with Crippen LogP contribution in [0.5, 0.6) is 0 Å². The quantitative estimate of drug-likeness (QED) is 0.508. The lowest BCUT2D eigenvalue weighted by atomic mass is 10.0. The minimum atomic E-state index is -0.809. The number of carbonyl (C=O) groups excluding carboxylic acids is 1. The second kappa shape index (κ2) is 9.28. The van der Waals surface area contributed by atoms with Crippen molar-refractivity contribution in [3.63, 3.8) is 0 Å². The van der Waals surface area contributed by atoms with E-state index in [0.29, 0.717) is 26.2 Å². The van der Waals surface area contributed by atoms with Crippen molar-refractivity contribution < 1.29 is 23.7 Å². The molecule has 0 saturated carbocycles. The smallest absolute Gasteiger partial charge is 0.246 e. The van der Waals surface area contributed by atoms with Crippen LogP contribution in [-0.4, -0.2) is 58.4 Å². The third-order valence-electron chi connectivity index (χ3n) is 3.56. The van der Waals surface area contributed by atoms with Gasteiger partial charge in [-0.3, -0.25) is 4.79 Å². The standard InChI is InChI=1S/C14H27NO5/c1-4-5-6-8-19-11-13(16)15-12-10-20-9-7-14(12,17-2)18-3/h12H,4-11H2,1-3H3,(H,15,16). The van der Waals surface area contributed by atoms with E-state index in [9.17, 15) is 4.79 Å². The number of amides is 1. The molecule has 1 amide bonds. The van der Waals surface area contributed by atoms with Crippen LogP contribution >= 0.6 is 0 Å². The van der Waals surface area contributed by atoms with Gasteiger partial charge in [-0.1, -0.05) is 19.8 Å². The molecule has 6 nitrogen and oxygen atoms in total. The maximum atomic E-state index is 11.9. The van der Waals surface area contributed by atoms with Gasteiger partial charge in [-0.2, -0.15) is 0 Å². The zero-order chi connectivity index (χ0) is 14.8. The largest absolute Gasteiger partial charge is 0.379 e. The average Bonchev–Trinajstić information content (AvgIpc) is 2.48. The van der Waals surface area contributed by atoms with Crippen molar-refractivity contribution in [2.75, 3.05) is 40.6 Å². The fraction of sp³-hybridized carbons (Fsp3) is 0.929. The average molecular weight is 289 g/mol. The second-order valence-electron chi connectivity index (χ2n) is 4.92. The molecule has 1 rings (SSSR count). The van der Waals surface area contributed by atoms with Crippen LogP contribution in [0.25, 0.3) is 0 Å². The van der Waals surface area contributed by atoms with Crippen molar-refractivity contribution in [1.82, 2.24) is 5.32 Å². The molecule has 1 N–H and O–H groups in total. The summed E-state index contributed by atoms with van der Waals surface area (Å²) in [5.74, 6) is -0.980. The van der Waals surface area contributed by atoms with Gasteiger partial charge in [-0.05, 0) is 6.42 Å². The summed E-state index contributed by atoms with van der Waals surface area (Å²) in [5.41, 5.74) is 0. The fourth-order valence-corrected chi connectivity index (χ4v) is 2.30. The van der Waals surface area contributed by atoms with Crippen molar-refractivity contribution >= 4 is 5.91 Å². The summed E-state index contributed by atoms with van der Waals surface area (Å²) in [5, 5.41) is 2.86. The highest BCUT2D eigenvalue weighted by Crippen LogP contribution is 2.25. The summed E-state index contributed by atoms with van der Waals surface area (Å²) >= 11 is 0. The van der Waals surface area contributed by atoms with Gasteiger partial charge < -0.3 is 24.3 Å². The van der Waals surface area contributed by atoms with Crippen LogP contribution in [0.2, 0.25) is 0 Å². The molecule has 0 aromatic rings. The molecular formula is C14H27NO5. The van der Waals surface area contributed by atoms with Gasteiger partial charge in [0.1, 0.15) is 12.6 Å². The first kappa shape index (κ1) is 17.4. The number of carbonyl (C=O) groups is 1. The highest BCUT2D eigenvalue weighted by molar-refractivity contribution is 5.77. The Balaban J connectivity index is 2.35. The molecule has 1 heterocycles. The SMILES string of the molecule is CCCCCOCC(=O)NC1COCCC1(OC)OC. The third kappa shape index (κ3) is 5.01. The molecule has 0 radical (unpaired) electrons. The molecule has 1 unspecified atom stereocenters. The predicted octanol–water partition coefficient (Wildman–Crippen LogP) is 1.09. The van der Waals surface area contributed by atoms with Gasteiger partial charge in [0, 0.05) is 27.2 Å². The first-order chi connectivity index (χ1) is 9.68. The van der Waals surface area contributed by atoms with E-state index in [-0.39, 0.29) is 18.6 Å². The minimum absolute atomic E-state index is 0.0592. The van der Waals surface area contributed by atoms with Crippen LogP contribution in [0, 0.1) is 0 Å². The lowest BCUT2D eigenvalue weighted by Crippen LogP contribution is -2.60. The van der Waals surface area contributed by atoms with Gasteiger partial charge in [0.25, 0.3) is 0 Å². The molecule has 1 aliphatic rings. The molecule has 0 bridgehead atoms. The molecule has 1 atom stereocenters. The highest BCUT2D eigenvalue weighted by atomic mass is 16.7. The maximum absolute atomic E-state index is 11.9. The van der Waals surface area contributed by atoms with Gasteiger partial charge in [0.05, 0.1) is 13.2 Å². The first-order valence-corrected chi connectivity index (χ1v) is 7.23. The molecule has 1 aliphatic heterocycles. The van der Waals surface area contributed by atoms with Gasteiger partial charge >= 0.3 is 0 Å². The Labute approximate surface area is 121 Å². The molecule has 6 heteroatoms. The lowest BCUT2D eigenvalue weighted by molar-refractivity contribution is -0.258. The van der Waals surface area contributed by atoms with E-state index in [4.69, 9.17) is 18.9 Å². The monoisotopic (exact) mass is 289 g/mol. The summed E-state index contributed by atoms with van der Waals surface area (Å²) < 4.78 is 21.6. The van der Waals surface area contributed by atoms with Gasteiger partial charge in [0.15, 0.2) is 5.79 Å². The van der Waals surface area contributed by atoms with Crippen LogP contribution in [0.1, 0.15) is 32.6 Å². The highest BCUT2D eigenvalue weighted by Gasteiger charge is 2.43. The summed E-state index contributed by atoms with van der Waals surface area (Å²) in [4.78, 5) is 11.9. The Bertz CT molecular complexity index is 281. The Hall–Kier alpha value is -0.690. The number of unbranched alkanes of at least 4 members (excludes halogenated alkanes) is 2. The molecule has 0 aromatic carbocycles. The fourth-order valence-electron chi connectivity index (χ4n) is 2.30. The van der Waals surface area contributed by atoms with Crippen molar-refractivity contribution in [3.05, 3.63) is 0 Å². The van der Waals surface area contributed by atoms with E-state index in [1.807, 2.05) is 0 Å². The van der Waals surface area contributed by atoms with E-state index in [1.165, 1.54) is 0 Å². The number of rotatable bonds is 9. The zero-order valence-corrected chi connectivity index (χ0v) is 12.8. The van der Waals surface area contributed by atoms with E-state index >= 15 is 0 Å². The Morgan fingerprint density at radius 3 is 2.75 bits per heavy atom. The predicted molar refractivity (Wildman–Crippen MR) is 74.5 cm³/mol. The first-order valence-electron chi connectivity index (χ1n) is 7.23. The van der Waals surface area contributed by atoms with Gasteiger partial charge in [-0.15, -0.1) is 0 Å². The van der Waals surface area contributed by atoms with Crippen LogP contribution in [-0.2, 0) is 23.7 Å².